The third-order valence-electron chi connectivity index (χ3n) is 7.75. The first-order valence-electron chi connectivity index (χ1n) is 13.6. The number of hydrogen-bond donors (Lipinski definition) is 1. The Bertz CT molecular complexity index is 1430. The molecule has 2 aromatic heterocycles. The molecule has 0 saturated carbocycles. The molecule has 3 heterocycles. The molecular weight excluding hydrogens is 501 g/mol. The summed E-state index contributed by atoms with van der Waals surface area (Å²) in [5.41, 5.74) is 5.26. The lowest BCUT2D eigenvalue weighted by molar-refractivity contribution is -0.144. The highest BCUT2D eigenvalue weighted by Crippen LogP contribution is 2.31. The minimum absolute atomic E-state index is 0.0183. The Morgan fingerprint density at radius 1 is 0.872 bits per heavy atom. The van der Waals surface area contributed by atoms with Gasteiger partial charge in [0.15, 0.2) is 5.82 Å². The minimum atomic E-state index is -4.68. The molecule has 9 heteroatoms. The molecule has 0 bridgehead atoms. The van der Waals surface area contributed by atoms with Crippen molar-refractivity contribution in [1.29, 1.82) is 0 Å². The van der Waals surface area contributed by atoms with Gasteiger partial charge in [-0.1, -0.05) is 36.4 Å². The second-order valence-electron chi connectivity index (χ2n) is 10.4. The van der Waals surface area contributed by atoms with E-state index in [-0.39, 0.29) is 11.8 Å². The fourth-order valence-corrected chi connectivity index (χ4v) is 5.76. The zero-order valence-electron chi connectivity index (χ0n) is 21.7. The van der Waals surface area contributed by atoms with Crippen LogP contribution in [0, 0.1) is 0 Å². The van der Waals surface area contributed by atoms with Crippen LogP contribution in [0.1, 0.15) is 53.8 Å². The number of pyridine rings is 1. The minimum Gasteiger partial charge on any atom is -0.324 e. The molecule has 1 atom stereocenters. The number of fused-ring (bicyclic) bond motifs is 1. The van der Waals surface area contributed by atoms with E-state index < -0.39 is 12.0 Å². The summed E-state index contributed by atoms with van der Waals surface area (Å²) in [7, 11) is 0. The first-order chi connectivity index (χ1) is 18.9. The second kappa shape index (κ2) is 10.8. The van der Waals surface area contributed by atoms with Crippen molar-refractivity contribution in [2.45, 2.75) is 57.2 Å². The van der Waals surface area contributed by atoms with Gasteiger partial charge >= 0.3 is 6.18 Å². The zero-order valence-corrected chi connectivity index (χ0v) is 21.7. The lowest BCUT2D eigenvalue weighted by atomic mass is 10.0. The monoisotopic (exact) mass is 532 g/mol. The molecule has 1 N–H and O–H groups in total. The number of aromatic nitrogens is 4. The maximum atomic E-state index is 13.6. The summed E-state index contributed by atoms with van der Waals surface area (Å²) < 4.78 is 42.1. The highest BCUT2D eigenvalue weighted by Gasteiger charge is 2.37. The van der Waals surface area contributed by atoms with Crippen LogP contribution in [0.4, 0.5) is 24.8 Å². The van der Waals surface area contributed by atoms with E-state index in [4.69, 9.17) is 0 Å². The summed E-state index contributed by atoms with van der Waals surface area (Å²) in [6, 6.07) is 20.1. The van der Waals surface area contributed by atoms with Crippen molar-refractivity contribution in [2.24, 2.45) is 0 Å². The number of nitrogens with zero attached hydrogens (tertiary/aromatic N) is 5. The number of benzene rings is 2. The van der Waals surface area contributed by atoms with E-state index in [1.54, 1.807) is 12.3 Å². The summed E-state index contributed by atoms with van der Waals surface area (Å²) in [4.78, 5) is 10.8. The normalized spacial score (nSPS) is 18.1. The van der Waals surface area contributed by atoms with Crippen molar-refractivity contribution in [3.63, 3.8) is 0 Å². The van der Waals surface area contributed by atoms with Crippen molar-refractivity contribution in [3.8, 4) is 5.82 Å². The molecule has 2 aromatic carbocycles. The lowest BCUT2D eigenvalue weighted by Crippen LogP contribution is -2.32. The van der Waals surface area contributed by atoms with Gasteiger partial charge in [-0.25, -0.2) is 4.98 Å². The van der Waals surface area contributed by atoms with Crippen LogP contribution in [-0.4, -0.2) is 43.8 Å². The van der Waals surface area contributed by atoms with Crippen LogP contribution in [0.2, 0.25) is 0 Å². The molecule has 2 aliphatic rings. The van der Waals surface area contributed by atoms with Crippen molar-refractivity contribution in [2.75, 3.05) is 18.4 Å². The second-order valence-corrected chi connectivity index (χ2v) is 10.4. The first kappa shape index (κ1) is 25.6. The van der Waals surface area contributed by atoms with Gasteiger partial charge in [-0.3, -0.25) is 0 Å². The number of rotatable bonds is 6. The van der Waals surface area contributed by atoms with Gasteiger partial charge < -0.3 is 10.2 Å². The van der Waals surface area contributed by atoms with E-state index in [0.717, 1.165) is 41.5 Å². The van der Waals surface area contributed by atoms with Crippen LogP contribution in [0.3, 0.4) is 0 Å². The van der Waals surface area contributed by atoms with E-state index in [1.165, 1.54) is 37.1 Å². The van der Waals surface area contributed by atoms with Crippen molar-refractivity contribution >= 4 is 11.6 Å². The molecule has 0 amide bonds. The average Bonchev–Trinajstić information content (AvgIpc) is 3.57. The Morgan fingerprint density at radius 3 is 2.41 bits per heavy atom. The molecule has 1 saturated heterocycles. The molecular formula is C30H31F3N6. The highest BCUT2D eigenvalue weighted by atomic mass is 19.4. The molecule has 1 aliphatic heterocycles. The van der Waals surface area contributed by atoms with Crippen molar-refractivity contribution in [1.82, 2.24) is 24.6 Å². The third kappa shape index (κ3) is 5.83. The van der Waals surface area contributed by atoms with Gasteiger partial charge in [0.1, 0.15) is 0 Å². The molecule has 6 nitrogen and oxygen atoms in total. The van der Waals surface area contributed by atoms with Gasteiger partial charge in [-0.05, 0) is 105 Å². The number of nitrogens with one attached hydrogen (secondary N) is 1. The Kier molecular flexibility index (Phi) is 7.08. The standard InChI is InChI=1S/C30H31F3N6/c31-30(32,33)28-36-29(39(37-28)27-19-22(14-15-34-27)18-21-6-2-1-3-7-21)35-25-11-8-23-9-12-26(13-10-24(23)20-25)38-16-4-5-17-38/h1-3,6-8,11,14-15,19-20,26H,4-5,9-10,12-13,16-18H2,(H,35,36,37). The van der Waals surface area contributed by atoms with Crippen LogP contribution in [-0.2, 0) is 25.4 Å². The number of likely N-dealkylation sites (tertiary alicyclic amines) is 1. The zero-order chi connectivity index (χ0) is 26.8. The molecule has 1 aliphatic carbocycles. The number of halogens is 3. The molecule has 1 fully saturated rings. The topological polar surface area (TPSA) is 58.9 Å². The molecule has 6 rings (SSSR count). The fourth-order valence-electron chi connectivity index (χ4n) is 5.76. The summed E-state index contributed by atoms with van der Waals surface area (Å²) >= 11 is 0. The van der Waals surface area contributed by atoms with E-state index in [1.807, 2.05) is 48.5 Å². The SMILES string of the molecule is FC(F)(F)c1nc(Nc2ccc3c(c2)CCC(N2CCCC2)CC3)n(-c2cc(Cc3ccccc3)ccn2)n1. The largest absolute Gasteiger partial charge is 0.453 e. The van der Waals surface area contributed by atoms with Gasteiger partial charge in [-0.2, -0.15) is 22.8 Å². The Labute approximate surface area is 225 Å². The number of anilines is 2. The van der Waals surface area contributed by atoms with E-state index in [9.17, 15) is 13.2 Å². The van der Waals surface area contributed by atoms with E-state index in [0.29, 0.717) is 18.2 Å². The van der Waals surface area contributed by atoms with Crippen LogP contribution >= 0.6 is 0 Å². The Balaban J connectivity index is 1.27. The van der Waals surface area contributed by atoms with E-state index >= 15 is 0 Å². The third-order valence-corrected chi connectivity index (χ3v) is 7.75. The lowest BCUT2D eigenvalue weighted by Gasteiger charge is -2.25. The van der Waals surface area contributed by atoms with Crippen LogP contribution in [0.5, 0.6) is 0 Å². The van der Waals surface area contributed by atoms with Crippen molar-refractivity contribution in [3.05, 3.63) is 94.9 Å². The molecule has 202 valence electrons. The average molecular weight is 533 g/mol. The molecule has 4 aromatic rings. The summed E-state index contributed by atoms with van der Waals surface area (Å²) in [6.45, 7) is 2.37. The first-order valence-corrected chi connectivity index (χ1v) is 13.6. The van der Waals surface area contributed by atoms with Gasteiger partial charge in [0.2, 0.25) is 5.95 Å². The summed E-state index contributed by atoms with van der Waals surface area (Å²) in [5, 5.41) is 6.91. The fraction of sp³-hybridized carbons (Fsp3) is 0.367. The summed E-state index contributed by atoms with van der Waals surface area (Å²) in [6.07, 6.45) is 4.32. The van der Waals surface area contributed by atoms with Crippen LogP contribution in [0.25, 0.3) is 5.82 Å². The molecule has 0 radical (unpaired) electrons. The Hall–Kier alpha value is -3.72. The molecule has 0 spiro atoms. The maximum absolute atomic E-state index is 13.6. The molecule has 1 unspecified atom stereocenters. The quantitative estimate of drug-likeness (QED) is 0.293. The van der Waals surface area contributed by atoms with Crippen LogP contribution < -0.4 is 5.32 Å². The van der Waals surface area contributed by atoms with Gasteiger partial charge in [0.05, 0.1) is 0 Å². The number of alkyl halides is 3. The van der Waals surface area contributed by atoms with Gasteiger partial charge in [-0.15, -0.1) is 5.10 Å². The number of hydrogen-bond acceptors (Lipinski definition) is 5. The smallest absolute Gasteiger partial charge is 0.324 e. The highest BCUT2D eigenvalue weighted by molar-refractivity contribution is 5.58. The van der Waals surface area contributed by atoms with Crippen molar-refractivity contribution < 1.29 is 13.2 Å². The van der Waals surface area contributed by atoms with Gasteiger partial charge in [0.25, 0.3) is 5.82 Å². The maximum Gasteiger partial charge on any atom is 0.453 e. The number of aryl methyl sites for hydroxylation is 2. The Morgan fingerprint density at radius 2 is 1.64 bits per heavy atom. The summed E-state index contributed by atoms with van der Waals surface area (Å²) in [5.74, 6) is -0.948. The predicted molar refractivity (Wildman–Crippen MR) is 144 cm³/mol. The molecule has 39 heavy (non-hydrogen) atoms. The van der Waals surface area contributed by atoms with E-state index in [2.05, 4.69) is 31.3 Å². The van der Waals surface area contributed by atoms with Crippen LogP contribution in [0.15, 0.2) is 66.9 Å². The van der Waals surface area contributed by atoms with Gasteiger partial charge in [0, 0.05) is 17.9 Å². The predicted octanol–water partition coefficient (Wildman–Crippen LogP) is 6.36.